The molecule has 0 amide bonds. The molecule has 1 aliphatic heterocycles. The number of piperidine rings is 1. The normalized spacial score (nSPS) is 16.2. The quantitative estimate of drug-likeness (QED) is 0.181. The highest BCUT2D eigenvalue weighted by atomic mass is 19.3. The molecular weight excluding hydrogens is 511 g/mol. The first-order valence-electron chi connectivity index (χ1n) is 13.9. The van der Waals surface area contributed by atoms with Crippen molar-refractivity contribution in [3.63, 3.8) is 0 Å². The minimum absolute atomic E-state index is 0.190. The first kappa shape index (κ1) is 27.6. The van der Waals surface area contributed by atoms with E-state index in [2.05, 4.69) is 10.6 Å². The van der Waals surface area contributed by atoms with Gasteiger partial charge in [-0.1, -0.05) is 30.3 Å². The van der Waals surface area contributed by atoms with Gasteiger partial charge in [0.2, 0.25) is 0 Å². The number of alkyl halides is 2. The Morgan fingerprint density at radius 1 is 0.950 bits per heavy atom. The van der Waals surface area contributed by atoms with Crippen molar-refractivity contribution in [1.29, 1.82) is 5.41 Å². The molecule has 0 unspecified atom stereocenters. The number of likely N-dealkylation sites (tertiary alicyclic amines) is 1. The van der Waals surface area contributed by atoms with E-state index in [1.807, 2.05) is 49.1 Å². The van der Waals surface area contributed by atoms with Crippen LogP contribution in [0.4, 0.5) is 30.2 Å². The van der Waals surface area contributed by atoms with E-state index in [0.717, 1.165) is 53.1 Å². The molecule has 0 atom stereocenters. The molecule has 40 heavy (non-hydrogen) atoms. The first-order valence-corrected chi connectivity index (χ1v) is 13.9. The summed E-state index contributed by atoms with van der Waals surface area (Å²) in [5.74, 6) is 0.166. The molecule has 0 spiro atoms. The van der Waals surface area contributed by atoms with Crippen LogP contribution < -0.4 is 15.5 Å². The lowest BCUT2D eigenvalue weighted by molar-refractivity contribution is 0.133. The van der Waals surface area contributed by atoms with Gasteiger partial charge in [-0.3, -0.25) is 10.3 Å². The van der Waals surface area contributed by atoms with Crippen LogP contribution in [0, 0.1) is 18.2 Å². The van der Waals surface area contributed by atoms with Gasteiger partial charge in [0, 0.05) is 47.7 Å². The number of halogens is 3. The summed E-state index contributed by atoms with van der Waals surface area (Å²) in [5, 5.41) is 15.9. The third-order valence-corrected chi connectivity index (χ3v) is 7.60. The summed E-state index contributed by atoms with van der Waals surface area (Å²) in [6.45, 7) is 2.32. The molecule has 1 saturated heterocycles. The van der Waals surface area contributed by atoms with Crippen molar-refractivity contribution in [3.05, 3.63) is 101 Å². The Morgan fingerprint density at radius 2 is 1.68 bits per heavy atom. The Morgan fingerprint density at radius 3 is 2.33 bits per heavy atom. The number of aryl methyl sites for hydroxylation is 1. The number of hydrogen-bond acceptors (Lipinski definition) is 5. The molecule has 8 heteroatoms. The fourth-order valence-electron chi connectivity index (χ4n) is 5.34. The van der Waals surface area contributed by atoms with Gasteiger partial charge in [-0.2, -0.15) is 8.78 Å². The number of nitrogens with one attached hydrogen (secondary N) is 3. The summed E-state index contributed by atoms with van der Waals surface area (Å²) in [6.07, 6.45) is 5.56. The third kappa shape index (κ3) is 6.27. The monoisotopic (exact) mass is 547 g/mol. The topological polar surface area (TPSA) is 54.4 Å². The van der Waals surface area contributed by atoms with Crippen molar-refractivity contribution in [3.8, 4) is 0 Å². The average molecular weight is 548 g/mol. The van der Waals surface area contributed by atoms with Gasteiger partial charge in [0.25, 0.3) is 0 Å². The molecule has 2 fully saturated rings. The van der Waals surface area contributed by atoms with Crippen LogP contribution in [0.25, 0.3) is 0 Å². The zero-order valence-corrected chi connectivity index (χ0v) is 22.9. The number of hydrogen-bond donors (Lipinski definition) is 3. The minimum Gasteiger partial charge on any atom is -0.382 e. The van der Waals surface area contributed by atoms with Gasteiger partial charge in [0.05, 0.1) is 11.4 Å². The number of allylic oxidation sites excluding steroid dienone is 1. The number of nitrogens with zero attached hydrogens (tertiary/aromatic N) is 2. The maximum Gasteiger partial charge on any atom is 0.320 e. The van der Waals surface area contributed by atoms with Gasteiger partial charge in [0.15, 0.2) is 0 Å². The fourth-order valence-corrected chi connectivity index (χ4v) is 5.34. The van der Waals surface area contributed by atoms with E-state index < -0.39 is 6.55 Å². The molecule has 1 heterocycles. The second-order valence-electron chi connectivity index (χ2n) is 10.6. The molecule has 3 N–H and O–H groups in total. The molecule has 2 aliphatic rings. The average Bonchev–Trinajstić information content (AvgIpc) is 3.76. The molecule has 0 bridgehead atoms. The molecule has 0 aromatic heterocycles. The van der Waals surface area contributed by atoms with Crippen LogP contribution in [0.3, 0.4) is 0 Å². The summed E-state index contributed by atoms with van der Waals surface area (Å²) in [4.78, 5) is 3.17. The summed E-state index contributed by atoms with van der Waals surface area (Å²) in [7, 11) is 0. The van der Waals surface area contributed by atoms with Gasteiger partial charge in [-0.25, -0.2) is 4.39 Å². The van der Waals surface area contributed by atoms with Crippen LogP contribution in [-0.2, 0) is 0 Å². The second kappa shape index (κ2) is 12.1. The minimum atomic E-state index is -2.65. The largest absolute Gasteiger partial charge is 0.382 e. The lowest BCUT2D eigenvalue weighted by atomic mass is 9.99. The van der Waals surface area contributed by atoms with Crippen molar-refractivity contribution >= 4 is 22.8 Å². The molecule has 1 aliphatic carbocycles. The molecule has 210 valence electrons. The van der Waals surface area contributed by atoms with Crippen LogP contribution >= 0.6 is 0 Å². The van der Waals surface area contributed by atoms with E-state index in [0.29, 0.717) is 36.2 Å². The van der Waals surface area contributed by atoms with Gasteiger partial charge in [0.1, 0.15) is 11.6 Å². The van der Waals surface area contributed by atoms with E-state index >= 15 is 0 Å². The smallest absolute Gasteiger partial charge is 0.320 e. The van der Waals surface area contributed by atoms with Crippen molar-refractivity contribution in [1.82, 2.24) is 4.90 Å². The van der Waals surface area contributed by atoms with Crippen molar-refractivity contribution in [2.75, 3.05) is 28.6 Å². The summed E-state index contributed by atoms with van der Waals surface area (Å²) in [6, 6.07) is 19.9. The van der Waals surface area contributed by atoms with Crippen molar-refractivity contribution in [2.24, 2.45) is 0 Å². The molecule has 3 aromatic rings. The Hall–Kier alpha value is -3.94. The van der Waals surface area contributed by atoms with Gasteiger partial charge < -0.3 is 15.5 Å². The zero-order valence-electron chi connectivity index (χ0n) is 22.9. The van der Waals surface area contributed by atoms with E-state index in [1.54, 1.807) is 30.3 Å². The lowest BCUT2D eigenvalue weighted by Crippen LogP contribution is -2.45. The van der Waals surface area contributed by atoms with Crippen molar-refractivity contribution in [2.45, 2.75) is 58.2 Å². The first-order chi connectivity index (χ1) is 19.3. The SMILES string of the molecule is CC=C(N1CCC(Nc2ccc(C(=N)c3cccc(F)c3)c(NC3CC3)c2)CC1)N(c1ccccc1C)C(F)F. The van der Waals surface area contributed by atoms with E-state index in [1.165, 1.54) is 12.1 Å². The Balaban J connectivity index is 1.27. The molecular formula is C32H36F3N5. The van der Waals surface area contributed by atoms with Crippen LogP contribution in [0.5, 0.6) is 0 Å². The molecule has 1 saturated carbocycles. The third-order valence-electron chi connectivity index (χ3n) is 7.60. The maximum absolute atomic E-state index is 14.3. The zero-order chi connectivity index (χ0) is 28.2. The summed E-state index contributed by atoms with van der Waals surface area (Å²) >= 11 is 0. The predicted molar refractivity (Wildman–Crippen MR) is 157 cm³/mol. The Labute approximate surface area is 234 Å². The molecule has 5 rings (SSSR count). The second-order valence-corrected chi connectivity index (χ2v) is 10.6. The predicted octanol–water partition coefficient (Wildman–Crippen LogP) is 7.59. The fraction of sp³-hybridized carbons (Fsp3) is 0.344. The molecule has 0 radical (unpaired) electrons. The van der Waals surface area contributed by atoms with E-state index in [9.17, 15) is 13.2 Å². The van der Waals surface area contributed by atoms with Crippen LogP contribution in [0.15, 0.2) is 78.6 Å². The Bertz CT molecular complexity index is 1380. The molecule has 3 aromatic carbocycles. The Kier molecular flexibility index (Phi) is 8.33. The highest BCUT2D eigenvalue weighted by molar-refractivity contribution is 6.14. The number of benzene rings is 3. The van der Waals surface area contributed by atoms with Crippen LogP contribution in [0.2, 0.25) is 0 Å². The number of para-hydroxylation sites is 1. The maximum atomic E-state index is 14.3. The van der Waals surface area contributed by atoms with Crippen molar-refractivity contribution < 1.29 is 13.2 Å². The standard InChI is InChI=1S/C32H36F3N5/c1-3-30(40(32(34)35)29-10-5-4-7-21(29)2)39-17-15-25(16-18-39)37-26-13-14-27(28(20-26)38-24-11-12-24)31(36)22-8-6-9-23(33)19-22/h3-10,13-14,19-20,24-25,32,36-38H,11-12,15-18H2,1-2H3. The van der Waals surface area contributed by atoms with E-state index in [4.69, 9.17) is 5.41 Å². The summed E-state index contributed by atoms with van der Waals surface area (Å²) < 4.78 is 42.4. The summed E-state index contributed by atoms with van der Waals surface area (Å²) in [5.41, 5.74) is 4.68. The molecule has 5 nitrogen and oxygen atoms in total. The van der Waals surface area contributed by atoms with Crippen LogP contribution in [-0.4, -0.2) is 42.3 Å². The lowest BCUT2D eigenvalue weighted by Gasteiger charge is -2.40. The van der Waals surface area contributed by atoms with Gasteiger partial charge in [-0.05, 0) is 87.6 Å². The van der Waals surface area contributed by atoms with Gasteiger partial charge in [-0.15, -0.1) is 0 Å². The van der Waals surface area contributed by atoms with E-state index in [-0.39, 0.29) is 17.6 Å². The highest BCUT2D eigenvalue weighted by Gasteiger charge is 2.29. The highest BCUT2D eigenvalue weighted by Crippen LogP contribution is 2.33. The van der Waals surface area contributed by atoms with Gasteiger partial charge >= 0.3 is 6.55 Å². The number of anilines is 3. The van der Waals surface area contributed by atoms with Crippen LogP contribution in [0.1, 0.15) is 49.3 Å². The number of rotatable bonds is 10.